The Morgan fingerprint density at radius 3 is 2.31 bits per heavy atom. The van der Waals surface area contributed by atoms with Gasteiger partial charge in [0, 0.05) is 17.6 Å². The van der Waals surface area contributed by atoms with Gasteiger partial charge in [0.05, 0.1) is 0 Å². The summed E-state index contributed by atoms with van der Waals surface area (Å²) in [5, 5.41) is 0. The van der Waals surface area contributed by atoms with Crippen LogP contribution in [0.15, 0.2) is 42.6 Å². The lowest BCUT2D eigenvalue weighted by Crippen LogP contribution is -1.93. The maximum absolute atomic E-state index is 12.6. The van der Waals surface area contributed by atoms with E-state index in [9.17, 15) is 4.39 Å². The molecule has 0 bridgehead atoms. The fourth-order valence-electron chi connectivity index (χ4n) is 1.36. The van der Waals surface area contributed by atoms with Crippen molar-refractivity contribution in [3.63, 3.8) is 0 Å². The van der Waals surface area contributed by atoms with Crippen molar-refractivity contribution >= 4 is 0 Å². The fraction of sp³-hybridized carbons (Fsp3) is 0.0909. The maximum Gasteiger partial charge on any atom is 0.123 e. The fourth-order valence-corrected chi connectivity index (χ4v) is 1.36. The van der Waals surface area contributed by atoms with Crippen LogP contribution >= 0.6 is 0 Å². The highest BCUT2D eigenvalue weighted by atomic mass is 19.1. The molecule has 0 radical (unpaired) electrons. The minimum atomic E-state index is -0.200. The van der Waals surface area contributed by atoms with Gasteiger partial charge in [0.2, 0.25) is 0 Å². The van der Waals surface area contributed by atoms with Gasteiger partial charge in [-0.2, -0.15) is 0 Å². The smallest absolute Gasteiger partial charge is 0.123 e. The normalized spacial score (nSPS) is 10.3. The third-order valence-corrected chi connectivity index (χ3v) is 2.06. The Hall–Kier alpha value is -1.57. The van der Waals surface area contributed by atoms with Gasteiger partial charge < -0.3 is 4.57 Å². The molecule has 0 amide bonds. The van der Waals surface area contributed by atoms with Crippen molar-refractivity contribution in [2.75, 3.05) is 0 Å². The van der Waals surface area contributed by atoms with Gasteiger partial charge in [-0.1, -0.05) is 0 Å². The van der Waals surface area contributed by atoms with Crippen molar-refractivity contribution in [3.8, 4) is 5.69 Å². The van der Waals surface area contributed by atoms with Crippen LogP contribution in [0.5, 0.6) is 0 Å². The number of aryl methyl sites for hydroxylation is 1. The molecule has 0 spiro atoms. The van der Waals surface area contributed by atoms with Crippen molar-refractivity contribution in [1.29, 1.82) is 0 Å². The summed E-state index contributed by atoms with van der Waals surface area (Å²) in [6, 6.07) is 10.5. The summed E-state index contributed by atoms with van der Waals surface area (Å²) in [6.45, 7) is 2.02. The summed E-state index contributed by atoms with van der Waals surface area (Å²) in [6.07, 6.45) is 1.96. The molecule has 0 aliphatic heterocycles. The predicted octanol–water partition coefficient (Wildman–Crippen LogP) is 2.92. The highest BCUT2D eigenvalue weighted by molar-refractivity contribution is 5.34. The van der Waals surface area contributed by atoms with Crippen molar-refractivity contribution in [3.05, 3.63) is 54.1 Å². The van der Waals surface area contributed by atoms with Crippen molar-refractivity contribution < 1.29 is 4.39 Å². The Balaban J connectivity index is 2.47. The molecule has 1 aromatic carbocycles. The van der Waals surface area contributed by atoms with Crippen LogP contribution in [0, 0.1) is 12.7 Å². The predicted molar refractivity (Wildman–Crippen MR) is 50.5 cm³/mol. The molecule has 0 fully saturated rings. The zero-order valence-electron chi connectivity index (χ0n) is 7.37. The molecule has 2 heteroatoms. The van der Waals surface area contributed by atoms with Crippen LogP contribution in [-0.2, 0) is 0 Å². The van der Waals surface area contributed by atoms with E-state index in [4.69, 9.17) is 0 Å². The third-order valence-electron chi connectivity index (χ3n) is 2.06. The minimum absolute atomic E-state index is 0.200. The zero-order valence-corrected chi connectivity index (χ0v) is 7.37. The maximum atomic E-state index is 12.6. The highest BCUT2D eigenvalue weighted by Gasteiger charge is 1.97. The number of hydrogen-bond donors (Lipinski definition) is 0. The molecule has 2 aromatic rings. The Bertz CT molecular complexity index is 400. The van der Waals surface area contributed by atoms with E-state index in [1.807, 2.05) is 29.8 Å². The summed E-state index contributed by atoms with van der Waals surface area (Å²) in [7, 11) is 0. The third kappa shape index (κ3) is 1.47. The molecule has 0 N–H and O–H groups in total. The van der Waals surface area contributed by atoms with E-state index >= 15 is 0 Å². The zero-order chi connectivity index (χ0) is 9.26. The van der Waals surface area contributed by atoms with E-state index in [1.54, 1.807) is 12.1 Å². The Morgan fingerprint density at radius 1 is 1.08 bits per heavy atom. The molecular weight excluding hydrogens is 165 g/mol. The van der Waals surface area contributed by atoms with E-state index in [0.717, 1.165) is 11.4 Å². The Labute approximate surface area is 76.4 Å². The SMILES string of the molecule is Cc1cccn1-c1ccc(F)cc1. The van der Waals surface area contributed by atoms with Gasteiger partial charge in [-0.3, -0.25) is 0 Å². The van der Waals surface area contributed by atoms with Crippen LogP contribution in [0.3, 0.4) is 0 Å². The first kappa shape index (κ1) is 8.05. The van der Waals surface area contributed by atoms with Crippen molar-refractivity contribution in [1.82, 2.24) is 4.57 Å². The van der Waals surface area contributed by atoms with Gasteiger partial charge >= 0.3 is 0 Å². The van der Waals surface area contributed by atoms with Crippen LogP contribution < -0.4 is 0 Å². The Morgan fingerprint density at radius 2 is 1.77 bits per heavy atom. The second-order valence-electron chi connectivity index (χ2n) is 3.00. The number of halogens is 1. The standard InChI is InChI=1S/C11H10FN/c1-9-3-2-8-13(9)11-6-4-10(12)5-7-11/h2-8H,1H3. The minimum Gasteiger partial charge on any atom is -0.321 e. The summed E-state index contributed by atoms with van der Waals surface area (Å²) in [5.74, 6) is -0.200. The van der Waals surface area contributed by atoms with E-state index in [2.05, 4.69) is 0 Å². The molecular formula is C11H10FN. The molecule has 0 unspecified atom stereocenters. The van der Waals surface area contributed by atoms with E-state index in [1.165, 1.54) is 12.1 Å². The number of rotatable bonds is 1. The van der Waals surface area contributed by atoms with Crippen LogP contribution in [0.1, 0.15) is 5.69 Å². The molecule has 0 saturated heterocycles. The molecule has 1 aromatic heterocycles. The summed E-state index contributed by atoms with van der Waals surface area (Å²) in [5.41, 5.74) is 2.13. The van der Waals surface area contributed by atoms with E-state index in [0.29, 0.717) is 0 Å². The van der Waals surface area contributed by atoms with Crippen molar-refractivity contribution in [2.24, 2.45) is 0 Å². The van der Waals surface area contributed by atoms with E-state index in [-0.39, 0.29) is 5.82 Å². The first-order valence-corrected chi connectivity index (χ1v) is 4.17. The van der Waals surface area contributed by atoms with Crippen LogP contribution in [-0.4, -0.2) is 4.57 Å². The summed E-state index contributed by atoms with van der Waals surface area (Å²) >= 11 is 0. The molecule has 0 atom stereocenters. The Kier molecular flexibility index (Phi) is 1.89. The number of benzene rings is 1. The second-order valence-corrected chi connectivity index (χ2v) is 3.00. The van der Waals surface area contributed by atoms with Gasteiger partial charge in [-0.15, -0.1) is 0 Å². The molecule has 2 rings (SSSR count). The topological polar surface area (TPSA) is 4.93 Å². The average Bonchev–Trinajstić information content (AvgIpc) is 2.53. The largest absolute Gasteiger partial charge is 0.321 e. The van der Waals surface area contributed by atoms with Crippen molar-refractivity contribution in [2.45, 2.75) is 6.92 Å². The van der Waals surface area contributed by atoms with Gasteiger partial charge in [0.15, 0.2) is 0 Å². The number of aromatic nitrogens is 1. The van der Waals surface area contributed by atoms with Crippen LogP contribution in [0.4, 0.5) is 4.39 Å². The van der Waals surface area contributed by atoms with Crippen LogP contribution in [0.2, 0.25) is 0 Å². The van der Waals surface area contributed by atoms with Gasteiger partial charge in [-0.25, -0.2) is 4.39 Å². The summed E-state index contributed by atoms with van der Waals surface area (Å²) < 4.78 is 14.6. The quantitative estimate of drug-likeness (QED) is 0.628. The first-order chi connectivity index (χ1) is 6.27. The van der Waals surface area contributed by atoms with Crippen LogP contribution in [0.25, 0.3) is 5.69 Å². The molecule has 0 saturated carbocycles. The lowest BCUT2D eigenvalue weighted by atomic mass is 10.3. The highest BCUT2D eigenvalue weighted by Crippen LogP contribution is 2.12. The van der Waals surface area contributed by atoms with Gasteiger partial charge in [0.25, 0.3) is 0 Å². The average molecular weight is 175 g/mol. The number of nitrogens with zero attached hydrogens (tertiary/aromatic N) is 1. The lowest BCUT2D eigenvalue weighted by molar-refractivity contribution is 0.627. The monoisotopic (exact) mass is 175 g/mol. The number of hydrogen-bond acceptors (Lipinski definition) is 0. The molecule has 1 nitrogen and oxygen atoms in total. The second kappa shape index (κ2) is 3.05. The molecule has 1 heterocycles. The summed E-state index contributed by atoms with van der Waals surface area (Å²) in [4.78, 5) is 0. The molecule has 0 aliphatic rings. The lowest BCUT2D eigenvalue weighted by Gasteiger charge is -2.04. The molecule has 66 valence electrons. The van der Waals surface area contributed by atoms with Gasteiger partial charge in [0.1, 0.15) is 5.82 Å². The molecule has 13 heavy (non-hydrogen) atoms. The first-order valence-electron chi connectivity index (χ1n) is 4.17. The van der Waals surface area contributed by atoms with Gasteiger partial charge in [-0.05, 0) is 43.3 Å². The van der Waals surface area contributed by atoms with E-state index < -0.39 is 0 Å². The molecule has 0 aliphatic carbocycles.